The van der Waals surface area contributed by atoms with Gasteiger partial charge in [0.05, 0.1) is 4.90 Å². The Bertz CT molecular complexity index is 996. The first-order chi connectivity index (χ1) is 14.9. The van der Waals surface area contributed by atoms with E-state index < -0.39 is 16.1 Å². The van der Waals surface area contributed by atoms with Gasteiger partial charge in [-0.25, -0.2) is 17.9 Å². The number of sulfonamides is 1. The molecule has 2 unspecified atom stereocenters. The van der Waals surface area contributed by atoms with Gasteiger partial charge in [0.15, 0.2) is 0 Å². The third-order valence-electron chi connectivity index (χ3n) is 5.21. The maximum atomic E-state index is 12.7. The Hall–Kier alpha value is -2.98. The van der Waals surface area contributed by atoms with Crippen molar-refractivity contribution < 1.29 is 18.0 Å². The second-order valence-corrected chi connectivity index (χ2v) is 9.20. The summed E-state index contributed by atoms with van der Waals surface area (Å²) in [6.07, 6.45) is 6.06. The Morgan fingerprint density at radius 1 is 1.13 bits per heavy atom. The van der Waals surface area contributed by atoms with Crippen molar-refractivity contribution in [3.8, 4) is 0 Å². The third kappa shape index (κ3) is 6.50. The van der Waals surface area contributed by atoms with Crippen LogP contribution in [0.3, 0.4) is 0 Å². The molecule has 31 heavy (non-hydrogen) atoms. The lowest BCUT2D eigenvalue weighted by Crippen LogP contribution is -2.41. The highest BCUT2D eigenvalue weighted by Crippen LogP contribution is 2.26. The van der Waals surface area contributed by atoms with Gasteiger partial charge in [0.2, 0.25) is 15.9 Å². The minimum Gasteiger partial charge on any atom is -0.359 e. The lowest BCUT2D eigenvalue weighted by Gasteiger charge is -2.28. The molecule has 0 saturated heterocycles. The maximum Gasteiger partial charge on any atom is 0.319 e. The quantitative estimate of drug-likeness (QED) is 0.518. The van der Waals surface area contributed by atoms with Crippen molar-refractivity contribution in [3.63, 3.8) is 0 Å². The first-order valence-electron chi connectivity index (χ1n) is 10.1. The number of hydrogen-bond donors (Lipinski definition) is 4. The number of nitrogens with one attached hydrogen (secondary N) is 4. The fourth-order valence-electron chi connectivity index (χ4n) is 3.60. The van der Waals surface area contributed by atoms with Crippen LogP contribution in [0.4, 0.5) is 10.5 Å². The van der Waals surface area contributed by atoms with Gasteiger partial charge in [-0.3, -0.25) is 9.78 Å². The van der Waals surface area contributed by atoms with Crippen molar-refractivity contribution in [1.29, 1.82) is 0 Å². The maximum absolute atomic E-state index is 12.7. The van der Waals surface area contributed by atoms with Crippen LogP contribution in [-0.2, 0) is 21.4 Å². The second-order valence-electron chi connectivity index (χ2n) is 7.49. The molecular weight excluding hydrogens is 418 g/mol. The molecule has 2 aromatic rings. The van der Waals surface area contributed by atoms with Gasteiger partial charge in [-0.1, -0.05) is 12.5 Å². The highest BCUT2D eigenvalue weighted by molar-refractivity contribution is 7.89. The SMILES string of the molecule is CNC(=O)C1CCCC(NS(=O)(=O)c2ccc(NC(=O)NCc3cccnc3)cc2)C1. The Kier molecular flexibility index (Phi) is 7.59. The number of benzene rings is 1. The normalized spacial score (nSPS) is 18.7. The van der Waals surface area contributed by atoms with Gasteiger partial charge < -0.3 is 16.0 Å². The minimum absolute atomic E-state index is 0.0545. The van der Waals surface area contributed by atoms with Crippen molar-refractivity contribution >= 4 is 27.6 Å². The Balaban J connectivity index is 1.54. The molecule has 1 saturated carbocycles. The number of aromatic nitrogens is 1. The van der Waals surface area contributed by atoms with Gasteiger partial charge in [-0.2, -0.15) is 0 Å². The molecular formula is C21H27N5O4S. The van der Waals surface area contributed by atoms with Crippen molar-refractivity contribution in [2.75, 3.05) is 12.4 Å². The number of urea groups is 1. The van der Waals surface area contributed by atoms with E-state index in [-0.39, 0.29) is 22.8 Å². The molecule has 10 heteroatoms. The van der Waals surface area contributed by atoms with Crippen molar-refractivity contribution in [1.82, 2.24) is 20.3 Å². The van der Waals surface area contributed by atoms with E-state index in [1.165, 1.54) is 24.3 Å². The predicted molar refractivity (Wildman–Crippen MR) is 117 cm³/mol. The van der Waals surface area contributed by atoms with Crippen LogP contribution < -0.4 is 20.7 Å². The van der Waals surface area contributed by atoms with Gasteiger partial charge in [-0.05, 0) is 55.2 Å². The summed E-state index contributed by atoms with van der Waals surface area (Å²) >= 11 is 0. The van der Waals surface area contributed by atoms with Gasteiger partial charge in [0, 0.05) is 43.6 Å². The molecule has 1 aromatic heterocycles. The lowest BCUT2D eigenvalue weighted by molar-refractivity contribution is -0.125. The number of pyridine rings is 1. The number of carbonyl (C=O) groups is 2. The summed E-state index contributed by atoms with van der Waals surface area (Å²) in [4.78, 5) is 28.0. The van der Waals surface area contributed by atoms with Gasteiger partial charge >= 0.3 is 6.03 Å². The first-order valence-corrected chi connectivity index (χ1v) is 11.6. The Labute approximate surface area is 182 Å². The van der Waals surface area contributed by atoms with Crippen molar-refractivity contribution in [3.05, 3.63) is 54.4 Å². The highest BCUT2D eigenvalue weighted by Gasteiger charge is 2.29. The number of carbonyl (C=O) groups excluding carboxylic acids is 2. The summed E-state index contributed by atoms with van der Waals surface area (Å²) in [7, 11) is -2.14. The van der Waals surface area contributed by atoms with Gasteiger partial charge in [0.25, 0.3) is 0 Å². The molecule has 1 heterocycles. The molecule has 1 aromatic carbocycles. The van der Waals surface area contributed by atoms with Crippen molar-refractivity contribution in [2.45, 2.75) is 43.2 Å². The molecule has 3 rings (SSSR count). The molecule has 0 bridgehead atoms. The standard InChI is InChI=1S/C21H27N5O4S/c1-22-20(27)16-5-2-6-18(12-16)26-31(29,30)19-9-7-17(8-10-19)25-21(28)24-14-15-4-3-11-23-13-15/h3-4,7-11,13,16,18,26H,2,5-6,12,14H2,1H3,(H,22,27)(H2,24,25,28). The topological polar surface area (TPSA) is 129 Å². The zero-order valence-electron chi connectivity index (χ0n) is 17.3. The average molecular weight is 446 g/mol. The van der Waals surface area contributed by atoms with E-state index in [1.807, 2.05) is 6.07 Å². The summed E-state index contributed by atoms with van der Waals surface area (Å²) < 4.78 is 28.1. The molecule has 4 N–H and O–H groups in total. The number of amides is 3. The van der Waals surface area contributed by atoms with E-state index in [9.17, 15) is 18.0 Å². The summed E-state index contributed by atoms with van der Waals surface area (Å²) in [5.74, 6) is -0.232. The number of nitrogens with zero attached hydrogens (tertiary/aromatic N) is 1. The summed E-state index contributed by atoms with van der Waals surface area (Å²) in [5.41, 5.74) is 1.34. The van der Waals surface area contributed by atoms with Gasteiger partial charge in [-0.15, -0.1) is 0 Å². The van der Waals surface area contributed by atoms with Crippen LogP contribution in [0.1, 0.15) is 31.2 Å². The number of hydrogen-bond acceptors (Lipinski definition) is 5. The van der Waals surface area contributed by atoms with Crippen LogP contribution >= 0.6 is 0 Å². The van der Waals surface area contributed by atoms with Crippen LogP contribution in [0.2, 0.25) is 0 Å². The fraction of sp³-hybridized carbons (Fsp3) is 0.381. The van der Waals surface area contributed by atoms with E-state index in [2.05, 4.69) is 25.7 Å². The Morgan fingerprint density at radius 2 is 1.90 bits per heavy atom. The molecule has 1 aliphatic carbocycles. The van der Waals surface area contributed by atoms with E-state index in [4.69, 9.17) is 0 Å². The highest BCUT2D eigenvalue weighted by atomic mass is 32.2. The van der Waals surface area contributed by atoms with Crippen LogP contribution in [0.25, 0.3) is 0 Å². The number of anilines is 1. The summed E-state index contributed by atoms with van der Waals surface area (Å²) in [6.45, 7) is 0.328. The second kappa shape index (κ2) is 10.4. The molecule has 2 atom stereocenters. The number of rotatable bonds is 7. The predicted octanol–water partition coefficient (Wildman–Crippen LogP) is 1.99. The van der Waals surface area contributed by atoms with Crippen LogP contribution in [0.5, 0.6) is 0 Å². The van der Waals surface area contributed by atoms with E-state index >= 15 is 0 Å². The molecule has 9 nitrogen and oxygen atoms in total. The summed E-state index contributed by atoms with van der Waals surface area (Å²) in [5, 5.41) is 8.01. The van der Waals surface area contributed by atoms with Crippen LogP contribution in [0.15, 0.2) is 53.7 Å². The molecule has 3 amide bonds. The molecule has 1 fully saturated rings. The smallest absolute Gasteiger partial charge is 0.319 e. The Morgan fingerprint density at radius 3 is 2.58 bits per heavy atom. The molecule has 166 valence electrons. The van der Waals surface area contributed by atoms with Crippen LogP contribution in [-0.4, -0.2) is 38.4 Å². The average Bonchev–Trinajstić information content (AvgIpc) is 2.78. The zero-order chi connectivity index (χ0) is 22.3. The van der Waals surface area contributed by atoms with E-state index in [0.29, 0.717) is 25.1 Å². The van der Waals surface area contributed by atoms with Crippen molar-refractivity contribution in [2.24, 2.45) is 5.92 Å². The first kappa shape index (κ1) is 22.7. The van der Waals surface area contributed by atoms with Gasteiger partial charge in [0.1, 0.15) is 0 Å². The fourth-order valence-corrected chi connectivity index (χ4v) is 4.89. The van der Waals surface area contributed by atoms with E-state index in [1.54, 1.807) is 25.5 Å². The largest absolute Gasteiger partial charge is 0.359 e. The monoisotopic (exact) mass is 445 g/mol. The zero-order valence-corrected chi connectivity index (χ0v) is 18.1. The minimum atomic E-state index is -3.72. The lowest BCUT2D eigenvalue weighted by atomic mass is 9.85. The third-order valence-corrected chi connectivity index (χ3v) is 6.75. The molecule has 0 radical (unpaired) electrons. The molecule has 1 aliphatic rings. The molecule has 0 spiro atoms. The molecule has 0 aliphatic heterocycles. The van der Waals surface area contributed by atoms with Crippen LogP contribution in [0, 0.1) is 5.92 Å². The summed E-state index contributed by atoms with van der Waals surface area (Å²) in [6, 6.07) is 8.91. The van der Waals surface area contributed by atoms with E-state index in [0.717, 1.165) is 18.4 Å².